The minimum atomic E-state index is -0.752. The highest BCUT2D eigenvalue weighted by Gasteiger charge is 2.24. The molecule has 0 atom stereocenters. The first-order chi connectivity index (χ1) is 9.06. The zero-order valence-corrected chi connectivity index (χ0v) is 12.1. The molecule has 1 heterocycles. The zero-order chi connectivity index (χ0) is 13.8. The number of amides is 1. The van der Waals surface area contributed by atoms with Gasteiger partial charge < -0.3 is 10.0 Å². The number of hydrogen-bond donors (Lipinski definition) is 1. The highest BCUT2D eigenvalue weighted by Crippen LogP contribution is 2.22. The number of nitrogens with zero attached hydrogens (tertiary/aromatic N) is 1. The molecule has 1 aromatic carbocycles. The van der Waals surface area contributed by atoms with Crippen LogP contribution in [-0.2, 0) is 4.79 Å². The molecule has 2 rings (SSSR count). The summed E-state index contributed by atoms with van der Waals surface area (Å²) in [6.45, 7) is 1.29. The molecule has 4 nitrogen and oxygen atoms in total. The zero-order valence-electron chi connectivity index (χ0n) is 10.5. The number of hydrogen-bond acceptors (Lipinski definition) is 2. The fourth-order valence-corrected chi connectivity index (χ4v) is 2.63. The van der Waals surface area contributed by atoms with E-state index in [1.807, 2.05) is 17.0 Å². The maximum atomic E-state index is 12.2. The Kier molecular flexibility index (Phi) is 4.58. The number of aliphatic carboxylic acids is 1. The van der Waals surface area contributed by atoms with E-state index in [1.165, 1.54) is 0 Å². The maximum absolute atomic E-state index is 12.2. The number of likely N-dealkylation sites (tertiary alicyclic amines) is 1. The van der Waals surface area contributed by atoms with Crippen molar-refractivity contribution in [3.63, 3.8) is 0 Å². The molecule has 1 aromatic rings. The predicted molar refractivity (Wildman–Crippen MR) is 75.0 cm³/mol. The van der Waals surface area contributed by atoms with Crippen LogP contribution in [0.1, 0.15) is 29.6 Å². The van der Waals surface area contributed by atoms with Crippen molar-refractivity contribution in [1.82, 2.24) is 4.90 Å². The lowest BCUT2D eigenvalue weighted by atomic mass is 9.93. The number of carbonyl (C=O) groups is 2. The van der Waals surface area contributed by atoms with Gasteiger partial charge in [-0.1, -0.05) is 15.9 Å². The Morgan fingerprint density at radius 2 is 1.79 bits per heavy atom. The van der Waals surface area contributed by atoms with E-state index in [-0.39, 0.29) is 18.2 Å². The molecule has 1 N–H and O–H groups in total. The first kappa shape index (κ1) is 14.1. The van der Waals surface area contributed by atoms with Crippen molar-refractivity contribution in [1.29, 1.82) is 0 Å². The molecule has 0 saturated carbocycles. The summed E-state index contributed by atoms with van der Waals surface area (Å²) in [5.41, 5.74) is 0.680. The van der Waals surface area contributed by atoms with Crippen molar-refractivity contribution in [2.24, 2.45) is 5.92 Å². The van der Waals surface area contributed by atoms with Crippen molar-refractivity contribution in [3.8, 4) is 0 Å². The fraction of sp³-hybridized carbons (Fsp3) is 0.429. The minimum absolute atomic E-state index is 0.0290. The molecule has 0 aromatic heterocycles. The molecule has 5 heteroatoms. The third-order valence-corrected chi connectivity index (χ3v) is 3.98. The van der Waals surface area contributed by atoms with E-state index in [4.69, 9.17) is 5.11 Å². The smallest absolute Gasteiger partial charge is 0.303 e. The minimum Gasteiger partial charge on any atom is -0.481 e. The summed E-state index contributed by atoms with van der Waals surface area (Å²) in [7, 11) is 0. The molecule has 0 unspecified atom stereocenters. The van der Waals surface area contributed by atoms with E-state index in [0.29, 0.717) is 18.7 Å². The van der Waals surface area contributed by atoms with Crippen molar-refractivity contribution in [2.75, 3.05) is 13.1 Å². The molecule has 102 valence electrons. The van der Waals surface area contributed by atoms with Crippen molar-refractivity contribution >= 4 is 27.8 Å². The maximum Gasteiger partial charge on any atom is 0.303 e. The lowest BCUT2D eigenvalue weighted by molar-refractivity contribution is -0.138. The predicted octanol–water partition coefficient (Wildman–Crippen LogP) is 2.78. The Balaban J connectivity index is 1.92. The van der Waals surface area contributed by atoms with Gasteiger partial charge in [0.2, 0.25) is 0 Å². The number of carboxylic acid groups (broad SMARTS) is 1. The Hall–Kier alpha value is -1.36. The average molecular weight is 326 g/mol. The summed E-state index contributed by atoms with van der Waals surface area (Å²) < 4.78 is 0.948. The molecule has 0 aliphatic carbocycles. The SMILES string of the molecule is O=C(O)CC1CCN(C(=O)c2ccc(Br)cc2)CC1. The third-order valence-electron chi connectivity index (χ3n) is 3.46. The second-order valence-corrected chi connectivity index (χ2v) is 5.76. The lowest BCUT2D eigenvalue weighted by Crippen LogP contribution is -2.38. The summed E-state index contributed by atoms with van der Waals surface area (Å²) in [6.07, 6.45) is 1.75. The Labute approximate surface area is 120 Å². The van der Waals surface area contributed by atoms with Gasteiger partial charge in [0.15, 0.2) is 0 Å². The Morgan fingerprint density at radius 1 is 1.21 bits per heavy atom. The van der Waals surface area contributed by atoms with Gasteiger partial charge in [0.1, 0.15) is 0 Å². The second kappa shape index (κ2) is 6.19. The Bertz CT molecular complexity index is 464. The first-order valence-electron chi connectivity index (χ1n) is 6.33. The van der Waals surface area contributed by atoms with E-state index in [1.54, 1.807) is 12.1 Å². The van der Waals surface area contributed by atoms with Gasteiger partial charge in [0, 0.05) is 29.5 Å². The number of carboxylic acids is 1. The molecular formula is C14H16BrNO3. The molecular weight excluding hydrogens is 310 g/mol. The molecule has 1 aliphatic heterocycles. The van der Waals surface area contributed by atoms with E-state index in [0.717, 1.165) is 17.3 Å². The lowest BCUT2D eigenvalue weighted by Gasteiger charge is -2.31. The highest BCUT2D eigenvalue weighted by molar-refractivity contribution is 9.10. The van der Waals surface area contributed by atoms with Gasteiger partial charge in [-0.25, -0.2) is 0 Å². The molecule has 1 aliphatic rings. The summed E-state index contributed by atoms with van der Waals surface area (Å²) in [4.78, 5) is 24.7. The monoisotopic (exact) mass is 325 g/mol. The van der Waals surface area contributed by atoms with E-state index < -0.39 is 5.97 Å². The van der Waals surface area contributed by atoms with E-state index >= 15 is 0 Å². The van der Waals surface area contributed by atoms with Crippen LogP contribution in [0.4, 0.5) is 0 Å². The van der Waals surface area contributed by atoms with Crippen LogP contribution in [0.25, 0.3) is 0 Å². The number of rotatable bonds is 3. The second-order valence-electron chi connectivity index (χ2n) is 4.84. The van der Waals surface area contributed by atoms with Crippen molar-refractivity contribution in [3.05, 3.63) is 34.3 Å². The standard InChI is InChI=1S/C14H16BrNO3/c15-12-3-1-11(2-4-12)14(19)16-7-5-10(6-8-16)9-13(17)18/h1-4,10H,5-9H2,(H,17,18). The van der Waals surface area contributed by atoms with Gasteiger partial charge >= 0.3 is 5.97 Å². The molecule has 1 fully saturated rings. The molecule has 0 radical (unpaired) electrons. The van der Waals surface area contributed by atoms with Gasteiger partial charge in [-0.05, 0) is 43.0 Å². The van der Waals surface area contributed by atoms with Crippen molar-refractivity contribution in [2.45, 2.75) is 19.3 Å². The summed E-state index contributed by atoms with van der Waals surface area (Å²) >= 11 is 3.34. The molecule has 0 bridgehead atoms. The number of piperidine rings is 1. The van der Waals surface area contributed by atoms with Crippen LogP contribution in [0.5, 0.6) is 0 Å². The van der Waals surface area contributed by atoms with Crippen LogP contribution < -0.4 is 0 Å². The van der Waals surface area contributed by atoms with E-state index in [2.05, 4.69) is 15.9 Å². The number of carbonyl (C=O) groups excluding carboxylic acids is 1. The molecule has 1 saturated heterocycles. The van der Waals surface area contributed by atoms with Crippen LogP contribution >= 0.6 is 15.9 Å². The molecule has 1 amide bonds. The molecule has 19 heavy (non-hydrogen) atoms. The van der Waals surface area contributed by atoms with Crippen LogP contribution in [0.15, 0.2) is 28.7 Å². The first-order valence-corrected chi connectivity index (χ1v) is 7.12. The van der Waals surface area contributed by atoms with Gasteiger partial charge in [-0.3, -0.25) is 9.59 Å². The quantitative estimate of drug-likeness (QED) is 0.929. The largest absolute Gasteiger partial charge is 0.481 e. The average Bonchev–Trinajstić information content (AvgIpc) is 2.39. The van der Waals surface area contributed by atoms with Gasteiger partial charge in [0.05, 0.1) is 0 Å². The van der Waals surface area contributed by atoms with Gasteiger partial charge in [-0.15, -0.1) is 0 Å². The summed E-state index contributed by atoms with van der Waals surface area (Å²) in [5.74, 6) is -0.523. The Morgan fingerprint density at radius 3 is 2.32 bits per heavy atom. The highest BCUT2D eigenvalue weighted by atomic mass is 79.9. The van der Waals surface area contributed by atoms with Crippen LogP contribution in [0.3, 0.4) is 0 Å². The number of benzene rings is 1. The number of halogens is 1. The summed E-state index contributed by atoms with van der Waals surface area (Å²) in [5, 5.41) is 8.76. The van der Waals surface area contributed by atoms with Crippen LogP contribution in [-0.4, -0.2) is 35.0 Å². The topological polar surface area (TPSA) is 57.6 Å². The van der Waals surface area contributed by atoms with Crippen LogP contribution in [0.2, 0.25) is 0 Å². The fourth-order valence-electron chi connectivity index (χ4n) is 2.36. The summed E-state index contributed by atoms with van der Waals surface area (Å²) in [6, 6.07) is 7.31. The third kappa shape index (κ3) is 3.80. The van der Waals surface area contributed by atoms with Gasteiger partial charge in [0.25, 0.3) is 5.91 Å². The normalized spacial score (nSPS) is 16.4. The molecule has 0 spiro atoms. The van der Waals surface area contributed by atoms with E-state index in [9.17, 15) is 9.59 Å². The van der Waals surface area contributed by atoms with Crippen molar-refractivity contribution < 1.29 is 14.7 Å². The van der Waals surface area contributed by atoms with Crippen LogP contribution in [0, 0.1) is 5.92 Å². The van der Waals surface area contributed by atoms with Gasteiger partial charge in [-0.2, -0.15) is 0 Å².